The fourth-order valence-corrected chi connectivity index (χ4v) is 1.92. The molecule has 2 N–H and O–H groups in total. The van der Waals surface area contributed by atoms with Gasteiger partial charge in [-0.3, -0.25) is 0 Å². The SMILES string of the molecule is CCC(N)C(C)OCC1CCCC1. The van der Waals surface area contributed by atoms with Gasteiger partial charge in [0.1, 0.15) is 0 Å². The lowest BCUT2D eigenvalue weighted by atomic mass is 10.1. The molecule has 1 aliphatic rings. The van der Waals surface area contributed by atoms with Crippen LogP contribution in [0.1, 0.15) is 46.0 Å². The predicted molar refractivity (Wildman–Crippen MR) is 55.6 cm³/mol. The molecular weight excluding hydrogens is 162 g/mol. The van der Waals surface area contributed by atoms with Crippen LogP contribution >= 0.6 is 0 Å². The first-order valence-corrected chi connectivity index (χ1v) is 5.61. The van der Waals surface area contributed by atoms with E-state index in [2.05, 4.69) is 13.8 Å². The summed E-state index contributed by atoms with van der Waals surface area (Å²) >= 11 is 0. The van der Waals surface area contributed by atoms with Crippen LogP contribution in [0.3, 0.4) is 0 Å². The fraction of sp³-hybridized carbons (Fsp3) is 1.00. The Kier molecular flexibility index (Phi) is 4.74. The summed E-state index contributed by atoms with van der Waals surface area (Å²) in [5, 5.41) is 0. The van der Waals surface area contributed by atoms with Gasteiger partial charge in [-0.2, -0.15) is 0 Å². The van der Waals surface area contributed by atoms with E-state index in [0.717, 1.165) is 18.9 Å². The third kappa shape index (κ3) is 3.65. The van der Waals surface area contributed by atoms with Crippen LogP contribution in [0.15, 0.2) is 0 Å². The maximum Gasteiger partial charge on any atom is 0.0697 e. The second-order valence-corrected chi connectivity index (χ2v) is 4.26. The van der Waals surface area contributed by atoms with Gasteiger partial charge in [-0.1, -0.05) is 19.8 Å². The maximum atomic E-state index is 5.88. The standard InChI is InChI=1S/C11H23NO/c1-3-11(12)9(2)13-8-10-6-4-5-7-10/h9-11H,3-8,12H2,1-2H3. The smallest absolute Gasteiger partial charge is 0.0697 e. The molecule has 1 aliphatic carbocycles. The second kappa shape index (κ2) is 5.61. The van der Waals surface area contributed by atoms with Gasteiger partial charge in [0.2, 0.25) is 0 Å². The van der Waals surface area contributed by atoms with Crippen LogP contribution in [0.2, 0.25) is 0 Å². The van der Waals surface area contributed by atoms with E-state index in [1.54, 1.807) is 0 Å². The molecule has 2 nitrogen and oxygen atoms in total. The minimum Gasteiger partial charge on any atom is -0.377 e. The van der Waals surface area contributed by atoms with Crippen molar-refractivity contribution >= 4 is 0 Å². The zero-order valence-corrected chi connectivity index (χ0v) is 8.96. The van der Waals surface area contributed by atoms with Crippen LogP contribution < -0.4 is 5.73 Å². The van der Waals surface area contributed by atoms with Gasteiger partial charge in [-0.15, -0.1) is 0 Å². The molecule has 0 aliphatic heterocycles. The van der Waals surface area contributed by atoms with Gasteiger partial charge < -0.3 is 10.5 Å². The molecule has 13 heavy (non-hydrogen) atoms. The van der Waals surface area contributed by atoms with Crippen molar-refractivity contribution in [1.82, 2.24) is 0 Å². The van der Waals surface area contributed by atoms with E-state index in [9.17, 15) is 0 Å². The Morgan fingerprint density at radius 3 is 2.54 bits per heavy atom. The van der Waals surface area contributed by atoms with Crippen molar-refractivity contribution in [2.75, 3.05) is 6.61 Å². The molecule has 0 amide bonds. The summed E-state index contributed by atoms with van der Waals surface area (Å²) in [4.78, 5) is 0. The number of rotatable bonds is 5. The molecule has 0 aromatic carbocycles. The van der Waals surface area contributed by atoms with Crippen LogP contribution in [0.25, 0.3) is 0 Å². The minimum absolute atomic E-state index is 0.210. The first kappa shape index (κ1) is 11.0. The Balaban J connectivity index is 2.10. The third-order valence-corrected chi connectivity index (χ3v) is 3.14. The Bertz CT molecular complexity index is 132. The highest BCUT2D eigenvalue weighted by Crippen LogP contribution is 2.25. The quantitative estimate of drug-likeness (QED) is 0.713. The van der Waals surface area contributed by atoms with Crippen molar-refractivity contribution in [3.8, 4) is 0 Å². The van der Waals surface area contributed by atoms with E-state index >= 15 is 0 Å². The first-order chi connectivity index (χ1) is 6.24. The number of hydrogen-bond donors (Lipinski definition) is 1. The van der Waals surface area contributed by atoms with Crippen LogP contribution in [0.4, 0.5) is 0 Å². The lowest BCUT2D eigenvalue weighted by Gasteiger charge is -2.21. The highest BCUT2D eigenvalue weighted by molar-refractivity contribution is 4.70. The Morgan fingerprint density at radius 1 is 1.38 bits per heavy atom. The Hall–Kier alpha value is -0.0800. The maximum absolute atomic E-state index is 5.88. The van der Waals surface area contributed by atoms with Crippen LogP contribution in [0, 0.1) is 5.92 Å². The van der Waals surface area contributed by atoms with Crippen molar-refractivity contribution in [3.05, 3.63) is 0 Å². The van der Waals surface area contributed by atoms with E-state index in [0.29, 0.717) is 0 Å². The van der Waals surface area contributed by atoms with E-state index in [-0.39, 0.29) is 12.1 Å². The van der Waals surface area contributed by atoms with Crippen LogP contribution in [-0.2, 0) is 4.74 Å². The Morgan fingerprint density at radius 2 is 2.00 bits per heavy atom. The number of hydrogen-bond acceptors (Lipinski definition) is 2. The number of nitrogens with two attached hydrogens (primary N) is 1. The fourth-order valence-electron chi connectivity index (χ4n) is 1.92. The van der Waals surface area contributed by atoms with Crippen LogP contribution in [0.5, 0.6) is 0 Å². The normalized spacial score (nSPS) is 23.3. The molecular formula is C11H23NO. The monoisotopic (exact) mass is 185 g/mol. The molecule has 0 bridgehead atoms. The molecule has 0 spiro atoms. The largest absolute Gasteiger partial charge is 0.377 e. The molecule has 2 atom stereocenters. The van der Waals surface area contributed by atoms with Crippen molar-refractivity contribution in [2.24, 2.45) is 11.7 Å². The predicted octanol–water partition coefficient (Wildman–Crippen LogP) is 2.32. The van der Waals surface area contributed by atoms with E-state index < -0.39 is 0 Å². The number of ether oxygens (including phenoxy) is 1. The first-order valence-electron chi connectivity index (χ1n) is 5.61. The molecule has 0 aromatic rings. The van der Waals surface area contributed by atoms with Crippen LogP contribution in [-0.4, -0.2) is 18.8 Å². The molecule has 0 heterocycles. The Labute approximate surface area is 81.8 Å². The summed E-state index contributed by atoms with van der Waals surface area (Å²) in [7, 11) is 0. The highest BCUT2D eigenvalue weighted by Gasteiger charge is 2.18. The molecule has 0 saturated heterocycles. The molecule has 2 heteroatoms. The molecule has 1 saturated carbocycles. The second-order valence-electron chi connectivity index (χ2n) is 4.26. The molecule has 1 rings (SSSR count). The summed E-state index contributed by atoms with van der Waals surface area (Å²) < 4.78 is 5.75. The van der Waals surface area contributed by atoms with Crippen molar-refractivity contribution < 1.29 is 4.74 Å². The van der Waals surface area contributed by atoms with Gasteiger partial charge in [0, 0.05) is 12.6 Å². The topological polar surface area (TPSA) is 35.2 Å². The third-order valence-electron chi connectivity index (χ3n) is 3.14. The van der Waals surface area contributed by atoms with Crippen molar-refractivity contribution in [2.45, 2.75) is 58.1 Å². The van der Waals surface area contributed by atoms with Crippen molar-refractivity contribution in [1.29, 1.82) is 0 Å². The van der Waals surface area contributed by atoms with E-state index in [1.807, 2.05) is 0 Å². The molecule has 0 radical (unpaired) electrons. The highest BCUT2D eigenvalue weighted by atomic mass is 16.5. The zero-order chi connectivity index (χ0) is 9.68. The van der Waals surface area contributed by atoms with Gasteiger partial charge in [0.05, 0.1) is 6.10 Å². The van der Waals surface area contributed by atoms with Gasteiger partial charge >= 0.3 is 0 Å². The lowest BCUT2D eigenvalue weighted by molar-refractivity contribution is 0.0256. The molecule has 0 aromatic heterocycles. The molecule has 1 fully saturated rings. The summed E-state index contributed by atoms with van der Waals surface area (Å²) in [6.45, 7) is 5.12. The molecule has 2 unspecified atom stereocenters. The van der Waals surface area contributed by atoms with Gasteiger partial charge in [-0.25, -0.2) is 0 Å². The summed E-state index contributed by atoms with van der Waals surface area (Å²) in [6.07, 6.45) is 6.73. The average Bonchev–Trinajstić information content (AvgIpc) is 2.65. The van der Waals surface area contributed by atoms with Gasteiger partial charge in [0.25, 0.3) is 0 Å². The van der Waals surface area contributed by atoms with E-state index in [4.69, 9.17) is 10.5 Å². The zero-order valence-electron chi connectivity index (χ0n) is 8.96. The molecule has 78 valence electrons. The summed E-state index contributed by atoms with van der Waals surface area (Å²) in [5.74, 6) is 0.812. The minimum atomic E-state index is 0.210. The van der Waals surface area contributed by atoms with Gasteiger partial charge in [0.15, 0.2) is 0 Å². The van der Waals surface area contributed by atoms with Crippen molar-refractivity contribution in [3.63, 3.8) is 0 Å². The van der Waals surface area contributed by atoms with Gasteiger partial charge in [-0.05, 0) is 32.1 Å². The summed E-state index contributed by atoms with van der Waals surface area (Å²) in [6, 6.07) is 0.210. The lowest BCUT2D eigenvalue weighted by Crippen LogP contribution is -2.34. The average molecular weight is 185 g/mol. The van der Waals surface area contributed by atoms with E-state index in [1.165, 1.54) is 25.7 Å². The summed E-state index contributed by atoms with van der Waals surface area (Å²) in [5.41, 5.74) is 5.88.